The van der Waals surface area contributed by atoms with Crippen LogP contribution in [0.4, 0.5) is 0 Å². The van der Waals surface area contributed by atoms with E-state index in [2.05, 4.69) is 9.97 Å². The van der Waals surface area contributed by atoms with Crippen molar-refractivity contribution in [2.75, 3.05) is 6.61 Å². The topological polar surface area (TPSA) is 74.9 Å². The minimum absolute atomic E-state index is 0.0537. The lowest BCUT2D eigenvalue weighted by molar-refractivity contribution is 0.268. The highest BCUT2D eigenvalue weighted by Gasteiger charge is 2.10. The van der Waals surface area contributed by atoms with Gasteiger partial charge in [-0.15, -0.1) is 0 Å². The Balaban J connectivity index is 2.57. The van der Waals surface area contributed by atoms with E-state index in [1.54, 1.807) is 12.4 Å². The molecule has 0 saturated carbocycles. The maximum atomic E-state index is 8.91. The predicted octanol–water partition coefficient (Wildman–Crippen LogP) is 0.555. The monoisotopic (exact) mass is 177 g/mol. The molecule has 2 aromatic heterocycles. The Morgan fingerprint density at radius 1 is 1.62 bits per heavy atom. The fourth-order valence-electron chi connectivity index (χ4n) is 1.38. The van der Waals surface area contributed by atoms with E-state index < -0.39 is 0 Å². The first-order chi connectivity index (χ1) is 6.33. The molecule has 0 aliphatic carbocycles. The third kappa shape index (κ3) is 1.30. The van der Waals surface area contributed by atoms with Crippen molar-refractivity contribution >= 4 is 11.0 Å². The second kappa shape index (κ2) is 3.16. The minimum atomic E-state index is -0.335. The van der Waals surface area contributed by atoms with E-state index in [4.69, 9.17) is 10.8 Å². The van der Waals surface area contributed by atoms with Gasteiger partial charge in [-0.25, -0.2) is 4.98 Å². The second-order valence-corrected chi connectivity index (χ2v) is 2.93. The van der Waals surface area contributed by atoms with Gasteiger partial charge in [-0.1, -0.05) is 0 Å². The van der Waals surface area contributed by atoms with Crippen LogP contribution in [0.2, 0.25) is 0 Å². The van der Waals surface area contributed by atoms with Crippen molar-refractivity contribution in [3.05, 3.63) is 30.1 Å². The van der Waals surface area contributed by atoms with Gasteiger partial charge in [-0.2, -0.15) is 0 Å². The van der Waals surface area contributed by atoms with Gasteiger partial charge >= 0.3 is 0 Å². The predicted molar refractivity (Wildman–Crippen MR) is 50.1 cm³/mol. The summed E-state index contributed by atoms with van der Waals surface area (Å²) in [5.74, 6) is 0. The average molecular weight is 177 g/mol. The van der Waals surface area contributed by atoms with Crippen LogP contribution in [0.25, 0.3) is 11.0 Å². The SMILES string of the molecule is N[C@@H](CO)c1c[nH]c2ncccc12. The number of aliphatic hydroxyl groups excluding tert-OH is 1. The van der Waals surface area contributed by atoms with Crippen LogP contribution in [-0.4, -0.2) is 21.7 Å². The fourth-order valence-corrected chi connectivity index (χ4v) is 1.38. The summed E-state index contributed by atoms with van der Waals surface area (Å²) in [5, 5.41) is 9.88. The summed E-state index contributed by atoms with van der Waals surface area (Å²) >= 11 is 0. The molecule has 0 radical (unpaired) electrons. The average Bonchev–Trinajstić information content (AvgIpc) is 2.60. The summed E-state index contributed by atoms with van der Waals surface area (Å²) in [6, 6.07) is 3.45. The summed E-state index contributed by atoms with van der Waals surface area (Å²) in [6.07, 6.45) is 3.51. The van der Waals surface area contributed by atoms with Gasteiger partial charge in [0.25, 0.3) is 0 Å². The Kier molecular flexibility index (Phi) is 2.00. The van der Waals surface area contributed by atoms with E-state index >= 15 is 0 Å². The van der Waals surface area contributed by atoms with Crippen molar-refractivity contribution in [3.63, 3.8) is 0 Å². The number of rotatable bonds is 2. The van der Waals surface area contributed by atoms with E-state index in [1.165, 1.54) is 0 Å². The molecule has 0 unspecified atom stereocenters. The molecule has 0 spiro atoms. The summed E-state index contributed by atoms with van der Waals surface area (Å²) in [5.41, 5.74) is 7.42. The molecule has 13 heavy (non-hydrogen) atoms. The van der Waals surface area contributed by atoms with Crippen LogP contribution in [0, 0.1) is 0 Å². The lowest BCUT2D eigenvalue weighted by atomic mass is 10.1. The minimum Gasteiger partial charge on any atom is -0.394 e. The lowest BCUT2D eigenvalue weighted by Crippen LogP contribution is -2.13. The number of aromatic amines is 1. The molecular formula is C9H11N3O. The molecule has 4 nitrogen and oxygen atoms in total. The number of nitrogens with zero attached hydrogens (tertiary/aromatic N) is 1. The van der Waals surface area contributed by atoms with Crippen LogP contribution >= 0.6 is 0 Å². The maximum absolute atomic E-state index is 8.91. The molecule has 4 N–H and O–H groups in total. The van der Waals surface area contributed by atoms with Gasteiger partial charge < -0.3 is 15.8 Å². The van der Waals surface area contributed by atoms with Gasteiger partial charge in [0.2, 0.25) is 0 Å². The van der Waals surface area contributed by atoms with E-state index in [0.29, 0.717) is 0 Å². The number of nitrogens with one attached hydrogen (secondary N) is 1. The smallest absolute Gasteiger partial charge is 0.137 e. The first kappa shape index (κ1) is 8.22. The van der Waals surface area contributed by atoms with Gasteiger partial charge in [0.1, 0.15) is 5.65 Å². The van der Waals surface area contributed by atoms with Crippen molar-refractivity contribution < 1.29 is 5.11 Å². The van der Waals surface area contributed by atoms with Gasteiger partial charge in [0, 0.05) is 17.8 Å². The number of aromatic nitrogens is 2. The molecular weight excluding hydrogens is 166 g/mol. The molecule has 68 valence electrons. The molecule has 0 fully saturated rings. The number of aliphatic hydroxyl groups is 1. The Morgan fingerprint density at radius 2 is 2.46 bits per heavy atom. The van der Waals surface area contributed by atoms with Gasteiger partial charge in [0.05, 0.1) is 12.6 Å². The normalized spacial score (nSPS) is 13.4. The van der Waals surface area contributed by atoms with Gasteiger partial charge in [-0.3, -0.25) is 0 Å². The number of fused-ring (bicyclic) bond motifs is 1. The van der Waals surface area contributed by atoms with Crippen molar-refractivity contribution in [2.24, 2.45) is 5.73 Å². The molecule has 2 rings (SSSR count). The summed E-state index contributed by atoms with van der Waals surface area (Å²) in [7, 11) is 0. The van der Waals surface area contributed by atoms with E-state index in [-0.39, 0.29) is 12.6 Å². The molecule has 0 bridgehead atoms. The first-order valence-corrected chi connectivity index (χ1v) is 4.11. The van der Waals surface area contributed by atoms with Gasteiger partial charge in [0.15, 0.2) is 0 Å². The van der Waals surface area contributed by atoms with E-state index in [0.717, 1.165) is 16.6 Å². The largest absolute Gasteiger partial charge is 0.394 e. The molecule has 2 aromatic rings. The molecule has 0 aliphatic heterocycles. The molecule has 0 aliphatic rings. The van der Waals surface area contributed by atoms with Crippen LogP contribution < -0.4 is 5.73 Å². The summed E-state index contributed by atoms with van der Waals surface area (Å²) < 4.78 is 0. The molecule has 4 heteroatoms. The Hall–Kier alpha value is -1.39. The van der Waals surface area contributed by atoms with Crippen LogP contribution in [0.3, 0.4) is 0 Å². The Labute approximate surface area is 75.4 Å². The highest BCUT2D eigenvalue weighted by molar-refractivity contribution is 5.79. The van der Waals surface area contributed by atoms with E-state index in [1.807, 2.05) is 12.1 Å². The van der Waals surface area contributed by atoms with Crippen LogP contribution in [0.5, 0.6) is 0 Å². The summed E-state index contributed by atoms with van der Waals surface area (Å²) in [4.78, 5) is 7.13. The Morgan fingerprint density at radius 3 is 3.23 bits per heavy atom. The third-order valence-corrected chi connectivity index (χ3v) is 2.08. The number of hydrogen-bond acceptors (Lipinski definition) is 3. The van der Waals surface area contributed by atoms with Crippen LogP contribution in [-0.2, 0) is 0 Å². The zero-order valence-electron chi connectivity index (χ0n) is 7.07. The van der Waals surface area contributed by atoms with Crippen molar-refractivity contribution in [2.45, 2.75) is 6.04 Å². The fraction of sp³-hybridized carbons (Fsp3) is 0.222. The number of pyridine rings is 1. The molecule has 0 amide bonds. The van der Waals surface area contributed by atoms with Crippen LogP contribution in [0.1, 0.15) is 11.6 Å². The highest BCUT2D eigenvalue weighted by Crippen LogP contribution is 2.20. The summed E-state index contributed by atoms with van der Waals surface area (Å²) in [6.45, 7) is -0.0537. The molecule has 0 aromatic carbocycles. The number of hydrogen-bond donors (Lipinski definition) is 3. The van der Waals surface area contributed by atoms with Gasteiger partial charge in [-0.05, 0) is 17.7 Å². The number of H-pyrrole nitrogens is 1. The highest BCUT2D eigenvalue weighted by atomic mass is 16.3. The van der Waals surface area contributed by atoms with Crippen molar-refractivity contribution in [3.8, 4) is 0 Å². The lowest BCUT2D eigenvalue weighted by Gasteiger charge is -2.05. The first-order valence-electron chi connectivity index (χ1n) is 4.11. The quantitative estimate of drug-likeness (QED) is 0.627. The standard InChI is InChI=1S/C9H11N3O/c10-8(5-13)7-4-12-9-6(7)2-1-3-11-9/h1-4,8,13H,5,10H2,(H,11,12)/t8-/m0/s1. The second-order valence-electron chi connectivity index (χ2n) is 2.93. The van der Waals surface area contributed by atoms with E-state index in [9.17, 15) is 0 Å². The Bertz CT molecular complexity index is 410. The van der Waals surface area contributed by atoms with Crippen LogP contribution in [0.15, 0.2) is 24.5 Å². The van der Waals surface area contributed by atoms with Crippen molar-refractivity contribution in [1.82, 2.24) is 9.97 Å². The van der Waals surface area contributed by atoms with Crippen molar-refractivity contribution in [1.29, 1.82) is 0 Å². The third-order valence-electron chi connectivity index (χ3n) is 2.08. The maximum Gasteiger partial charge on any atom is 0.137 e. The molecule has 0 saturated heterocycles. The molecule has 2 heterocycles. The molecule has 1 atom stereocenters. The zero-order valence-corrected chi connectivity index (χ0v) is 7.07. The zero-order chi connectivity index (χ0) is 9.26. The number of nitrogens with two attached hydrogens (primary N) is 1.